The van der Waals surface area contributed by atoms with Crippen LogP contribution in [0.5, 0.6) is 0 Å². The minimum Gasteiger partial charge on any atom is -0.325 e. The molecule has 90 valence electrons. The zero-order chi connectivity index (χ0) is 12.5. The van der Waals surface area contributed by atoms with Crippen molar-refractivity contribution in [3.05, 3.63) is 64.7 Å². The van der Waals surface area contributed by atoms with Gasteiger partial charge in [-0.3, -0.25) is 4.79 Å². The van der Waals surface area contributed by atoms with Crippen LogP contribution in [-0.4, -0.2) is 5.91 Å². The van der Waals surface area contributed by atoms with Crippen molar-refractivity contribution in [1.82, 2.24) is 0 Å². The fourth-order valence-electron chi connectivity index (χ4n) is 2.35. The van der Waals surface area contributed by atoms with Gasteiger partial charge in [0, 0.05) is 10.7 Å². The highest BCUT2D eigenvalue weighted by atomic mass is 35.5. The van der Waals surface area contributed by atoms with Gasteiger partial charge < -0.3 is 5.32 Å². The molecule has 2 aromatic rings. The van der Waals surface area contributed by atoms with Gasteiger partial charge in [-0.15, -0.1) is 0 Å². The maximum atomic E-state index is 12.0. The van der Waals surface area contributed by atoms with Gasteiger partial charge in [0.2, 0.25) is 5.91 Å². The highest BCUT2D eigenvalue weighted by Crippen LogP contribution is 2.36. The van der Waals surface area contributed by atoms with Crippen LogP contribution in [0.1, 0.15) is 17.0 Å². The second kappa shape index (κ2) is 4.46. The molecule has 1 heterocycles. The first-order chi connectivity index (χ1) is 8.74. The van der Waals surface area contributed by atoms with Crippen LogP contribution in [0.3, 0.4) is 0 Å². The molecule has 0 spiro atoms. The lowest BCUT2D eigenvalue weighted by molar-refractivity contribution is -0.117. The van der Waals surface area contributed by atoms with E-state index >= 15 is 0 Å². The van der Waals surface area contributed by atoms with Crippen LogP contribution in [0.25, 0.3) is 0 Å². The molecular weight excluding hydrogens is 246 g/mol. The Bertz CT molecular complexity index is 595. The van der Waals surface area contributed by atoms with E-state index in [2.05, 4.69) is 5.32 Å². The Hall–Kier alpha value is -1.80. The molecule has 0 saturated heterocycles. The Morgan fingerprint density at radius 2 is 1.89 bits per heavy atom. The lowest BCUT2D eigenvalue weighted by Crippen LogP contribution is -2.14. The first-order valence-corrected chi connectivity index (χ1v) is 6.26. The van der Waals surface area contributed by atoms with E-state index in [1.54, 1.807) is 6.07 Å². The number of halogens is 1. The van der Waals surface area contributed by atoms with Crippen molar-refractivity contribution in [2.45, 2.75) is 12.3 Å². The number of amides is 1. The minimum absolute atomic E-state index is 0.0520. The van der Waals surface area contributed by atoms with Crippen LogP contribution < -0.4 is 5.32 Å². The number of hydrogen-bond acceptors (Lipinski definition) is 1. The number of carbonyl (C=O) groups excluding carboxylic acids is 1. The Morgan fingerprint density at radius 1 is 1.11 bits per heavy atom. The third kappa shape index (κ3) is 2.00. The molecule has 2 aromatic carbocycles. The molecule has 0 saturated carbocycles. The van der Waals surface area contributed by atoms with Crippen molar-refractivity contribution >= 4 is 23.2 Å². The van der Waals surface area contributed by atoms with Gasteiger partial charge in [0.1, 0.15) is 0 Å². The fourth-order valence-corrected chi connectivity index (χ4v) is 2.53. The predicted molar refractivity (Wildman–Crippen MR) is 73.0 cm³/mol. The zero-order valence-corrected chi connectivity index (χ0v) is 10.4. The minimum atomic E-state index is -0.111. The van der Waals surface area contributed by atoms with Crippen LogP contribution in [0.2, 0.25) is 5.02 Å². The number of benzene rings is 2. The van der Waals surface area contributed by atoms with Crippen LogP contribution in [0.4, 0.5) is 5.69 Å². The maximum Gasteiger partial charge on any atom is 0.232 e. The first kappa shape index (κ1) is 11.3. The highest BCUT2D eigenvalue weighted by molar-refractivity contribution is 6.31. The molecule has 1 N–H and O–H groups in total. The van der Waals surface area contributed by atoms with Crippen LogP contribution in [0.15, 0.2) is 48.5 Å². The van der Waals surface area contributed by atoms with Gasteiger partial charge in [0.15, 0.2) is 0 Å². The van der Waals surface area contributed by atoms with Crippen molar-refractivity contribution < 1.29 is 4.79 Å². The summed E-state index contributed by atoms with van der Waals surface area (Å²) >= 11 is 5.93. The second-order valence-electron chi connectivity index (χ2n) is 4.46. The summed E-state index contributed by atoms with van der Waals surface area (Å²) in [7, 11) is 0. The summed E-state index contributed by atoms with van der Waals surface area (Å²) in [6, 6.07) is 15.6. The van der Waals surface area contributed by atoms with Crippen molar-refractivity contribution in [2.75, 3.05) is 5.32 Å². The van der Waals surface area contributed by atoms with Crippen LogP contribution in [0, 0.1) is 0 Å². The average molecular weight is 258 g/mol. The van der Waals surface area contributed by atoms with Crippen molar-refractivity contribution in [3.8, 4) is 0 Å². The maximum absolute atomic E-state index is 12.0. The molecule has 0 radical (unpaired) electrons. The quantitative estimate of drug-likeness (QED) is 0.875. The third-order valence-corrected chi connectivity index (χ3v) is 3.48. The molecular formula is C15H12ClNO. The smallest absolute Gasteiger partial charge is 0.232 e. The predicted octanol–water partition coefficient (Wildman–Crippen LogP) is 3.62. The lowest BCUT2D eigenvalue weighted by atomic mass is 9.93. The van der Waals surface area contributed by atoms with E-state index in [-0.39, 0.29) is 11.8 Å². The highest BCUT2D eigenvalue weighted by Gasteiger charge is 2.30. The van der Waals surface area contributed by atoms with E-state index in [4.69, 9.17) is 11.6 Å². The third-order valence-electron chi connectivity index (χ3n) is 3.25. The number of rotatable bonds is 2. The van der Waals surface area contributed by atoms with Gasteiger partial charge in [-0.1, -0.05) is 48.0 Å². The van der Waals surface area contributed by atoms with E-state index in [1.165, 1.54) is 5.56 Å². The molecule has 0 bridgehead atoms. The molecule has 1 aliphatic heterocycles. The molecule has 1 amide bonds. The summed E-state index contributed by atoms with van der Waals surface area (Å²) in [6.45, 7) is 0. The van der Waals surface area contributed by atoms with Crippen LogP contribution >= 0.6 is 11.6 Å². The number of carbonyl (C=O) groups is 1. The Balaban J connectivity index is 1.93. The molecule has 0 aromatic heterocycles. The first-order valence-electron chi connectivity index (χ1n) is 5.88. The van der Waals surface area contributed by atoms with E-state index in [0.717, 1.165) is 17.7 Å². The molecule has 2 nitrogen and oxygen atoms in total. The molecule has 1 unspecified atom stereocenters. The summed E-state index contributed by atoms with van der Waals surface area (Å²) in [6.07, 6.45) is 0.724. The molecule has 0 fully saturated rings. The molecule has 18 heavy (non-hydrogen) atoms. The molecule has 3 heteroatoms. The van der Waals surface area contributed by atoms with Crippen molar-refractivity contribution in [2.24, 2.45) is 0 Å². The fraction of sp³-hybridized carbons (Fsp3) is 0.133. The van der Waals surface area contributed by atoms with Gasteiger partial charge in [-0.25, -0.2) is 0 Å². The lowest BCUT2D eigenvalue weighted by Gasteiger charge is -2.08. The SMILES string of the molecule is O=C1Nc2cc(Cl)ccc2C1Cc1ccccc1. The average Bonchev–Trinajstić information content (AvgIpc) is 2.66. The topological polar surface area (TPSA) is 29.1 Å². The van der Waals surface area contributed by atoms with Crippen molar-refractivity contribution in [1.29, 1.82) is 0 Å². The zero-order valence-electron chi connectivity index (χ0n) is 9.69. The number of hydrogen-bond donors (Lipinski definition) is 1. The summed E-state index contributed by atoms with van der Waals surface area (Å²) in [5.41, 5.74) is 3.04. The van der Waals surface area contributed by atoms with E-state index < -0.39 is 0 Å². The number of anilines is 1. The largest absolute Gasteiger partial charge is 0.325 e. The summed E-state index contributed by atoms with van der Waals surface area (Å²) in [5.74, 6) is -0.0595. The van der Waals surface area contributed by atoms with Gasteiger partial charge in [-0.05, 0) is 29.7 Å². The normalized spacial score (nSPS) is 17.4. The Morgan fingerprint density at radius 3 is 2.67 bits per heavy atom. The Labute approximate surface area is 111 Å². The van der Waals surface area contributed by atoms with Crippen molar-refractivity contribution in [3.63, 3.8) is 0 Å². The number of fused-ring (bicyclic) bond motifs is 1. The van der Waals surface area contributed by atoms with Gasteiger partial charge in [-0.2, -0.15) is 0 Å². The summed E-state index contributed by atoms with van der Waals surface area (Å²) < 4.78 is 0. The summed E-state index contributed by atoms with van der Waals surface area (Å²) in [4.78, 5) is 12.0. The molecule has 3 rings (SSSR count). The van der Waals surface area contributed by atoms with E-state index in [0.29, 0.717) is 5.02 Å². The standard InChI is InChI=1S/C15H12ClNO/c16-11-6-7-12-13(15(18)17-14(12)9-11)8-10-4-2-1-3-5-10/h1-7,9,13H,8H2,(H,17,18). The molecule has 0 aliphatic carbocycles. The summed E-state index contributed by atoms with van der Waals surface area (Å²) in [5, 5.41) is 3.53. The van der Waals surface area contributed by atoms with E-state index in [9.17, 15) is 4.79 Å². The molecule has 1 atom stereocenters. The second-order valence-corrected chi connectivity index (χ2v) is 4.90. The Kier molecular flexibility index (Phi) is 2.80. The van der Waals surface area contributed by atoms with Gasteiger partial charge >= 0.3 is 0 Å². The molecule has 1 aliphatic rings. The van der Waals surface area contributed by atoms with E-state index in [1.807, 2.05) is 42.5 Å². The monoisotopic (exact) mass is 257 g/mol. The number of nitrogens with one attached hydrogen (secondary N) is 1. The van der Waals surface area contributed by atoms with Crippen LogP contribution in [-0.2, 0) is 11.2 Å². The van der Waals surface area contributed by atoms with Gasteiger partial charge in [0.05, 0.1) is 5.92 Å². The van der Waals surface area contributed by atoms with Gasteiger partial charge in [0.25, 0.3) is 0 Å².